The Morgan fingerprint density at radius 2 is 1.93 bits per heavy atom. The fraction of sp³-hybridized carbons (Fsp3) is 0.300. The highest BCUT2D eigenvalue weighted by Gasteiger charge is 2.38. The zero-order valence-electron chi connectivity index (χ0n) is 7.58. The predicted molar refractivity (Wildman–Crippen MR) is 63.1 cm³/mol. The molecule has 0 aromatic heterocycles. The van der Waals surface area contributed by atoms with E-state index in [1.807, 2.05) is 30.3 Å². The third-order valence-electron chi connectivity index (χ3n) is 1.99. The number of benzene rings is 1. The minimum Gasteiger partial charge on any atom is -0.480 e. The van der Waals surface area contributed by atoms with Crippen molar-refractivity contribution in [3.8, 4) is 0 Å². The summed E-state index contributed by atoms with van der Waals surface area (Å²) in [7, 11) is 0. The van der Waals surface area contributed by atoms with Gasteiger partial charge in [-0.05, 0) is 12.5 Å². The molecule has 2 atom stereocenters. The predicted octanol–water partition coefficient (Wildman–Crippen LogP) is 3.36. The lowest BCUT2D eigenvalue weighted by Crippen LogP contribution is -2.32. The number of rotatable bonds is 3. The summed E-state index contributed by atoms with van der Waals surface area (Å²) >= 11 is 6.58. The first-order chi connectivity index (χ1) is 6.46. The van der Waals surface area contributed by atoms with E-state index in [1.54, 1.807) is 6.92 Å². The fourth-order valence-corrected chi connectivity index (χ4v) is 1.81. The van der Waals surface area contributed by atoms with E-state index in [0.29, 0.717) is 0 Å². The maximum absolute atomic E-state index is 11.0. The Bertz CT molecular complexity index is 322. The van der Waals surface area contributed by atoms with Crippen molar-refractivity contribution in [1.82, 2.24) is 0 Å². The van der Waals surface area contributed by atoms with Crippen LogP contribution in [0.1, 0.15) is 17.3 Å². The van der Waals surface area contributed by atoms with E-state index in [0.717, 1.165) is 5.56 Å². The summed E-state index contributed by atoms with van der Waals surface area (Å²) in [5, 5.41) is 9.00. The van der Waals surface area contributed by atoms with Crippen LogP contribution in [0.25, 0.3) is 0 Å². The monoisotopic (exact) mass is 320 g/mol. The number of carboxylic acid groups (broad SMARTS) is 1. The smallest absolute Gasteiger partial charge is 0.321 e. The van der Waals surface area contributed by atoms with Crippen molar-refractivity contribution in [2.45, 2.75) is 16.1 Å². The van der Waals surface area contributed by atoms with Crippen LogP contribution in [-0.2, 0) is 4.79 Å². The van der Waals surface area contributed by atoms with Gasteiger partial charge in [-0.2, -0.15) is 0 Å². The zero-order chi connectivity index (χ0) is 10.8. The second-order valence-corrected chi connectivity index (χ2v) is 5.72. The number of alkyl halides is 2. The maximum atomic E-state index is 11.0. The normalized spacial score (nSPS) is 17.1. The molecule has 0 bridgehead atoms. The Morgan fingerprint density at radius 1 is 1.43 bits per heavy atom. The number of hydrogen-bond donors (Lipinski definition) is 1. The Kier molecular flexibility index (Phi) is 3.72. The van der Waals surface area contributed by atoms with Gasteiger partial charge in [0.25, 0.3) is 0 Å². The molecule has 1 rings (SSSR count). The molecule has 1 aromatic rings. The van der Waals surface area contributed by atoms with Crippen LogP contribution < -0.4 is 0 Å². The summed E-state index contributed by atoms with van der Waals surface area (Å²) in [6.45, 7) is 1.63. The second kappa shape index (κ2) is 4.45. The molecule has 0 unspecified atom stereocenters. The minimum absolute atomic E-state index is 0.256. The lowest BCUT2D eigenvalue weighted by molar-refractivity contribution is -0.139. The average Bonchev–Trinajstić information content (AvgIpc) is 2.17. The van der Waals surface area contributed by atoms with Crippen molar-refractivity contribution in [1.29, 1.82) is 0 Å². The molecule has 0 spiro atoms. The molecule has 1 N–H and O–H groups in total. The van der Waals surface area contributed by atoms with E-state index in [1.165, 1.54) is 0 Å². The van der Waals surface area contributed by atoms with Gasteiger partial charge in [0.1, 0.15) is 4.32 Å². The van der Waals surface area contributed by atoms with Gasteiger partial charge >= 0.3 is 5.97 Å². The third kappa shape index (κ3) is 2.36. The zero-order valence-corrected chi connectivity index (χ0v) is 10.7. The Hall–Kier alpha value is -0.350. The second-order valence-electron chi connectivity index (χ2n) is 3.15. The molecule has 0 saturated heterocycles. The van der Waals surface area contributed by atoms with E-state index in [-0.39, 0.29) is 4.83 Å². The summed E-state index contributed by atoms with van der Waals surface area (Å²) in [6, 6.07) is 9.45. The van der Waals surface area contributed by atoms with Crippen LogP contribution in [-0.4, -0.2) is 15.4 Å². The first-order valence-electron chi connectivity index (χ1n) is 4.07. The van der Waals surface area contributed by atoms with Gasteiger partial charge in [-0.25, -0.2) is 0 Å². The molecule has 14 heavy (non-hydrogen) atoms. The summed E-state index contributed by atoms with van der Waals surface area (Å²) in [6.07, 6.45) is 0. The first kappa shape index (κ1) is 11.7. The van der Waals surface area contributed by atoms with E-state index in [2.05, 4.69) is 31.9 Å². The van der Waals surface area contributed by atoms with Crippen LogP contribution in [0.15, 0.2) is 30.3 Å². The molecule has 0 aliphatic carbocycles. The van der Waals surface area contributed by atoms with Gasteiger partial charge < -0.3 is 5.11 Å². The molecule has 0 aliphatic heterocycles. The average molecular weight is 322 g/mol. The van der Waals surface area contributed by atoms with E-state index in [4.69, 9.17) is 5.11 Å². The van der Waals surface area contributed by atoms with Crippen LogP contribution in [0.2, 0.25) is 0 Å². The van der Waals surface area contributed by atoms with Crippen LogP contribution in [0, 0.1) is 0 Å². The van der Waals surface area contributed by atoms with Crippen molar-refractivity contribution in [3.05, 3.63) is 35.9 Å². The Labute approximate surface area is 99.6 Å². The molecule has 0 amide bonds. The summed E-state index contributed by atoms with van der Waals surface area (Å²) in [4.78, 5) is 10.7. The lowest BCUT2D eigenvalue weighted by Gasteiger charge is -2.23. The van der Waals surface area contributed by atoms with E-state index in [9.17, 15) is 4.79 Å². The first-order valence-corrected chi connectivity index (χ1v) is 5.78. The highest BCUT2D eigenvalue weighted by molar-refractivity contribution is 9.12. The van der Waals surface area contributed by atoms with Crippen molar-refractivity contribution in [2.24, 2.45) is 0 Å². The summed E-state index contributed by atoms with van der Waals surface area (Å²) in [5.74, 6) is -0.886. The third-order valence-corrected chi connectivity index (χ3v) is 4.84. The topological polar surface area (TPSA) is 37.3 Å². The van der Waals surface area contributed by atoms with E-state index < -0.39 is 10.3 Å². The van der Waals surface area contributed by atoms with E-state index >= 15 is 0 Å². The number of carbonyl (C=O) groups is 1. The number of halogens is 2. The largest absolute Gasteiger partial charge is 0.480 e. The number of aliphatic carboxylic acids is 1. The SMILES string of the molecule is C[C@](Br)(C(=O)O)[C@@H](Br)c1ccccc1. The minimum atomic E-state index is -0.992. The van der Waals surface area contributed by atoms with Crippen LogP contribution in [0.4, 0.5) is 0 Å². The van der Waals surface area contributed by atoms with Crippen molar-refractivity contribution in [2.75, 3.05) is 0 Å². The quantitative estimate of drug-likeness (QED) is 0.867. The van der Waals surface area contributed by atoms with Crippen LogP contribution in [0.3, 0.4) is 0 Å². The molecular weight excluding hydrogens is 312 g/mol. The van der Waals surface area contributed by atoms with Gasteiger partial charge in [0.2, 0.25) is 0 Å². The molecule has 0 saturated carbocycles. The van der Waals surface area contributed by atoms with Gasteiger partial charge in [-0.1, -0.05) is 62.2 Å². The van der Waals surface area contributed by atoms with Gasteiger partial charge in [0.15, 0.2) is 0 Å². The number of carboxylic acids is 1. The number of hydrogen-bond acceptors (Lipinski definition) is 1. The summed E-state index contributed by atoms with van der Waals surface area (Å²) in [5.41, 5.74) is 0.939. The standard InChI is InChI=1S/C10H10Br2O2/c1-10(12,9(13)14)8(11)7-5-3-2-4-6-7/h2-6,8H,1H3,(H,13,14)/t8-,10+/m0/s1. The summed E-state index contributed by atoms with van der Waals surface area (Å²) < 4.78 is -0.992. The lowest BCUT2D eigenvalue weighted by atomic mass is 10.0. The molecular formula is C10H10Br2O2. The molecule has 0 heterocycles. The van der Waals surface area contributed by atoms with Gasteiger partial charge in [-0.15, -0.1) is 0 Å². The molecule has 2 nitrogen and oxygen atoms in total. The van der Waals surface area contributed by atoms with Crippen LogP contribution in [0.5, 0.6) is 0 Å². The molecule has 1 aromatic carbocycles. The molecule has 76 valence electrons. The van der Waals surface area contributed by atoms with Gasteiger partial charge in [-0.3, -0.25) is 4.79 Å². The van der Waals surface area contributed by atoms with Crippen molar-refractivity contribution < 1.29 is 9.90 Å². The van der Waals surface area contributed by atoms with Crippen molar-refractivity contribution >= 4 is 37.8 Å². The highest BCUT2D eigenvalue weighted by Crippen LogP contribution is 2.40. The van der Waals surface area contributed by atoms with Crippen LogP contribution >= 0.6 is 31.9 Å². The Morgan fingerprint density at radius 3 is 2.36 bits per heavy atom. The highest BCUT2D eigenvalue weighted by atomic mass is 79.9. The molecule has 4 heteroatoms. The molecule has 0 aliphatic rings. The van der Waals surface area contributed by atoms with Gasteiger partial charge in [0.05, 0.1) is 4.83 Å². The molecule has 0 fully saturated rings. The van der Waals surface area contributed by atoms with Gasteiger partial charge in [0, 0.05) is 0 Å². The maximum Gasteiger partial charge on any atom is 0.321 e. The molecule has 0 radical (unpaired) electrons. The Balaban J connectivity index is 2.96. The van der Waals surface area contributed by atoms with Crippen molar-refractivity contribution in [3.63, 3.8) is 0 Å². The fourth-order valence-electron chi connectivity index (χ4n) is 1.04.